The van der Waals surface area contributed by atoms with Gasteiger partial charge in [-0.25, -0.2) is 18.2 Å². The van der Waals surface area contributed by atoms with E-state index in [1.54, 1.807) is 7.11 Å². The second kappa shape index (κ2) is 6.86. The summed E-state index contributed by atoms with van der Waals surface area (Å²) >= 11 is 0. The van der Waals surface area contributed by atoms with Crippen LogP contribution in [0.15, 0.2) is 4.99 Å². The van der Waals surface area contributed by atoms with Crippen molar-refractivity contribution in [2.45, 2.75) is 25.3 Å². The molecule has 0 aromatic carbocycles. The van der Waals surface area contributed by atoms with Crippen molar-refractivity contribution < 1.29 is 17.9 Å². The van der Waals surface area contributed by atoms with Crippen LogP contribution in [-0.4, -0.2) is 57.4 Å². The number of piperidine rings is 1. The molecule has 17 heavy (non-hydrogen) atoms. The summed E-state index contributed by atoms with van der Waals surface area (Å²) in [5.41, 5.74) is 0. The lowest BCUT2D eigenvalue weighted by atomic mass is 10.1. The van der Waals surface area contributed by atoms with Crippen LogP contribution in [0.2, 0.25) is 0 Å². The molecule has 0 aliphatic carbocycles. The fourth-order valence-corrected chi connectivity index (χ4v) is 3.42. The van der Waals surface area contributed by atoms with Crippen LogP contribution in [0.3, 0.4) is 0 Å². The van der Waals surface area contributed by atoms with Gasteiger partial charge in [0.05, 0.1) is 11.8 Å². The first-order valence-electron chi connectivity index (χ1n) is 5.64. The number of nitrogens with zero attached hydrogens (tertiary/aromatic N) is 2. The van der Waals surface area contributed by atoms with Gasteiger partial charge in [-0.2, -0.15) is 4.31 Å². The SMILES string of the molecule is COCCCS(=O)(=O)N1CCCC(N=C=O)C1. The second-order valence-corrected chi connectivity index (χ2v) is 6.13. The van der Waals surface area contributed by atoms with Crippen LogP contribution in [0.1, 0.15) is 19.3 Å². The summed E-state index contributed by atoms with van der Waals surface area (Å²) in [6.07, 6.45) is 3.46. The fourth-order valence-electron chi connectivity index (χ4n) is 1.87. The van der Waals surface area contributed by atoms with E-state index in [2.05, 4.69) is 4.99 Å². The van der Waals surface area contributed by atoms with Crippen molar-refractivity contribution in [3.8, 4) is 0 Å². The Morgan fingerprint density at radius 3 is 2.94 bits per heavy atom. The molecule has 1 aliphatic rings. The number of ether oxygens (including phenoxy) is 1. The molecular weight excluding hydrogens is 244 g/mol. The monoisotopic (exact) mass is 262 g/mol. The Morgan fingerprint density at radius 1 is 1.53 bits per heavy atom. The highest BCUT2D eigenvalue weighted by Crippen LogP contribution is 2.16. The minimum atomic E-state index is -3.24. The van der Waals surface area contributed by atoms with Crippen molar-refractivity contribution in [3.63, 3.8) is 0 Å². The van der Waals surface area contributed by atoms with Gasteiger partial charge in [0.1, 0.15) is 0 Å². The highest BCUT2D eigenvalue weighted by molar-refractivity contribution is 7.89. The van der Waals surface area contributed by atoms with Crippen molar-refractivity contribution in [2.24, 2.45) is 4.99 Å². The Balaban J connectivity index is 2.55. The molecule has 1 unspecified atom stereocenters. The molecule has 1 atom stereocenters. The molecule has 1 heterocycles. The Morgan fingerprint density at radius 2 is 2.29 bits per heavy atom. The minimum absolute atomic E-state index is 0.0817. The van der Waals surface area contributed by atoms with Gasteiger partial charge in [-0.1, -0.05) is 0 Å². The zero-order chi connectivity index (χ0) is 12.7. The Labute approximate surface area is 102 Å². The Hall–Kier alpha value is -0.750. The number of hydrogen-bond donors (Lipinski definition) is 0. The lowest BCUT2D eigenvalue weighted by molar-refractivity contribution is 0.199. The van der Waals surface area contributed by atoms with E-state index in [-0.39, 0.29) is 11.8 Å². The highest BCUT2D eigenvalue weighted by atomic mass is 32.2. The maximum absolute atomic E-state index is 11.9. The summed E-state index contributed by atoms with van der Waals surface area (Å²) in [5.74, 6) is 0.0817. The number of sulfonamides is 1. The number of rotatable bonds is 6. The van der Waals surface area contributed by atoms with E-state index in [1.807, 2.05) is 0 Å². The van der Waals surface area contributed by atoms with Gasteiger partial charge in [-0.05, 0) is 19.3 Å². The van der Waals surface area contributed by atoms with E-state index < -0.39 is 10.0 Å². The molecule has 98 valence electrons. The predicted octanol–water partition coefficient (Wildman–Crippen LogP) is 0.153. The van der Waals surface area contributed by atoms with E-state index in [0.717, 1.165) is 12.8 Å². The van der Waals surface area contributed by atoms with Crippen LogP contribution in [0.5, 0.6) is 0 Å². The summed E-state index contributed by atoms with van der Waals surface area (Å²) in [4.78, 5) is 13.8. The normalized spacial score (nSPS) is 22.1. The van der Waals surface area contributed by atoms with Crippen LogP contribution >= 0.6 is 0 Å². The zero-order valence-corrected chi connectivity index (χ0v) is 10.8. The molecule has 0 N–H and O–H groups in total. The van der Waals surface area contributed by atoms with Crippen molar-refractivity contribution in [2.75, 3.05) is 32.6 Å². The number of carbonyl (C=O) groups excluding carboxylic acids is 1. The second-order valence-electron chi connectivity index (χ2n) is 4.04. The van der Waals surface area contributed by atoms with Crippen LogP contribution in [0.4, 0.5) is 0 Å². The van der Waals surface area contributed by atoms with E-state index in [9.17, 15) is 13.2 Å². The third kappa shape index (κ3) is 4.55. The first-order valence-corrected chi connectivity index (χ1v) is 7.25. The molecule has 0 aromatic rings. The molecule has 0 spiro atoms. The lowest BCUT2D eigenvalue weighted by Crippen LogP contribution is -2.42. The van der Waals surface area contributed by atoms with Gasteiger partial charge in [0, 0.05) is 26.8 Å². The maximum atomic E-state index is 11.9. The molecule has 0 aromatic heterocycles. The van der Waals surface area contributed by atoms with Crippen molar-refractivity contribution in [1.29, 1.82) is 0 Å². The topological polar surface area (TPSA) is 76.0 Å². The van der Waals surface area contributed by atoms with Crippen molar-refractivity contribution in [1.82, 2.24) is 4.31 Å². The smallest absolute Gasteiger partial charge is 0.235 e. The zero-order valence-electron chi connectivity index (χ0n) is 9.96. The van der Waals surface area contributed by atoms with E-state index in [4.69, 9.17) is 4.74 Å². The molecule has 1 saturated heterocycles. The van der Waals surface area contributed by atoms with E-state index in [1.165, 1.54) is 10.4 Å². The fraction of sp³-hybridized carbons (Fsp3) is 0.900. The van der Waals surface area contributed by atoms with Gasteiger partial charge >= 0.3 is 0 Å². The average Bonchev–Trinajstić information content (AvgIpc) is 2.30. The third-order valence-electron chi connectivity index (χ3n) is 2.74. The first-order chi connectivity index (χ1) is 8.10. The molecular formula is C10H18N2O4S. The molecule has 7 heteroatoms. The molecule has 0 amide bonds. The highest BCUT2D eigenvalue weighted by Gasteiger charge is 2.28. The van der Waals surface area contributed by atoms with Crippen molar-refractivity contribution in [3.05, 3.63) is 0 Å². The van der Waals surface area contributed by atoms with E-state index in [0.29, 0.717) is 26.1 Å². The molecule has 0 radical (unpaired) electrons. The molecule has 0 saturated carbocycles. The van der Waals surface area contributed by atoms with Crippen LogP contribution in [-0.2, 0) is 19.6 Å². The van der Waals surface area contributed by atoms with Gasteiger partial charge in [0.25, 0.3) is 0 Å². The minimum Gasteiger partial charge on any atom is -0.385 e. The molecule has 6 nitrogen and oxygen atoms in total. The van der Waals surface area contributed by atoms with Gasteiger partial charge in [-0.15, -0.1) is 0 Å². The van der Waals surface area contributed by atoms with Gasteiger partial charge in [-0.3, -0.25) is 0 Å². The summed E-state index contributed by atoms with van der Waals surface area (Å²) in [6.45, 7) is 1.24. The van der Waals surface area contributed by atoms with Crippen LogP contribution < -0.4 is 0 Å². The van der Waals surface area contributed by atoms with E-state index >= 15 is 0 Å². The number of methoxy groups -OCH3 is 1. The molecule has 1 fully saturated rings. The summed E-state index contributed by atoms with van der Waals surface area (Å²) in [5, 5.41) is 0. The maximum Gasteiger partial charge on any atom is 0.235 e. The Kier molecular flexibility index (Phi) is 5.77. The van der Waals surface area contributed by atoms with Crippen LogP contribution in [0.25, 0.3) is 0 Å². The molecule has 1 aliphatic heterocycles. The summed E-state index contributed by atoms with van der Waals surface area (Å²) < 4.78 is 30.1. The number of aliphatic imine (C=N–C) groups is 1. The summed E-state index contributed by atoms with van der Waals surface area (Å²) in [6, 6.07) is -0.238. The largest absolute Gasteiger partial charge is 0.385 e. The predicted molar refractivity (Wildman–Crippen MR) is 63.0 cm³/mol. The summed E-state index contributed by atoms with van der Waals surface area (Å²) in [7, 11) is -1.70. The van der Waals surface area contributed by atoms with Gasteiger partial charge in [0.15, 0.2) is 0 Å². The molecule has 1 rings (SSSR count). The average molecular weight is 262 g/mol. The van der Waals surface area contributed by atoms with Crippen LogP contribution in [0, 0.1) is 0 Å². The van der Waals surface area contributed by atoms with Gasteiger partial charge in [0.2, 0.25) is 16.1 Å². The quantitative estimate of drug-likeness (QED) is 0.388. The van der Waals surface area contributed by atoms with Crippen molar-refractivity contribution >= 4 is 16.1 Å². The number of isocyanates is 1. The standard InChI is InChI=1S/C10H18N2O4S/c1-16-6-3-7-17(14,15)12-5-2-4-10(8-12)11-9-13/h10H,2-8H2,1H3. The number of hydrogen-bond acceptors (Lipinski definition) is 5. The first kappa shape index (κ1) is 14.3. The molecule has 0 bridgehead atoms. The third-order valence-corrected chi connectivity index (χ3v) is 4.66. The Bertz CT molecular complexity index is 376. The van der Waals surface area contributed by atoms with Gasteiger partial charge < -0.3 is 4.74 Å². The lowest BCUT2D eigenvalue weighted by Gasteiger charge is -2.29.